The van der Waals surface area contributed by atoms with E-state index in [1.165, 1.54) is 25.9 Å². The van der Waals surface area contributed by atoms with Crippen LogP contribution in [0.2, 0.25) is 0 Å². The maximum atomic E-state index is 6.01. The van der Waals surface area contributed by atoms with Crippen LogP contribution in [-0.2, 0) is 6.42 Å². The summed E-state index contributed by atoms with van der Waals surface area (Å²) >= 11 is 0. The summed E-state index contributed by atoms with van der Waals surface area (Å²) < 4.78 is 0. The van der Waals surface area contributed by atoms with Crippen molar-refractivity contribution in [2.75, 3.05) is 37.7 Å². The lowest BCUT2D eigenvalue weighted by molar-refractivity contribution is 0.150. The van der Waals surface area contributed by atoms with Gasteiger partial charge >= 0.3 is 0 Å². The van der Waals surface area contributed by atoms with Gasteiger partial charge in [0.15, 0.2) is 0 Å². The van der Waals surface area contributed by atoms with Crippen LogP contribution in [0.4, 0.5) is 11.6 Å². The van der Waals surface area contributed by atoms with E-state index in [1.807, 2.05) is 6.92 Å². The van der Waals surface area contributed by atoms with Crippen molar-refractivity contribution in [2.45, 2.75) is 46.5 Å². The molecule has 1 saturated heterocycles. The Morgan fingerprint density at radius 3 is 2.57 bits per heavy atom. The molecule has 2 heterocycles. The smallest absolute Gasteiger partial charge is 0.134 e. The molecular weight excluding hydrogens is 262 g/mol. The lowest BCUT2D eigenvalue weighted by Crippen LogP contribution is -2.40. The van der Waals surface area contributed by atoms with Crippen molar-refractivity contribution in [3.05, 3.63) is 11.4 Å². The van der Waals surface area contributed by atoms with Gasteiger partial charge in [0.2, 0.25) is 0 Å². The Morgan fingerprint density at radius 1 is 1.29 bits per heavy atom. The third-order valence-corrected chi connectivity index (χ3v) is 4.58. The predicted molar refractivity (Wildman–Crippen MR) is 88.5 cm³/mol. The molecule has 118 valence electrons. The molecule has 0 spiro atoms. The van der Waals surface area contributed by atoms with Gasteiger partial charge in [-0.25, -0.2) is 9.97 Å². The third-order valence-electron chi connectivity index (χ3n) is 4.58. The zero-order valence-corrected chi connectivity index (χ0v) is 13.9. The Bertz CT molecular complexity index is 478. The maximum absolute atomic E-state index is 6.01. The SMILES string of the molecule is CCCc1nc(N)c(C)c(NCC2(C)CCN(C)CC2)n1. The van der Waals surface area contributed by atoms with Crippen molar-refractivity contribution >= 4 is 11.6 Å². The monoisotopic (exact) mass is 291 g/mol. The Morgan fingerprint density at radius 2 is 1.95 bits per heavy atom. The first-order chi connectivity index (χ1) is 9.93. The fourth-order valence-corrected chi connectivity index (χ4v) is 2.72. The number of rotatable bonds is 5. The highest BCUT2D eigenvalue weighted by molar-refractivity contribution is 5.54. The summed E-state index contributed by atoms with van der Waals surface area (Å²) in [5, 5.41) is 3.53. The number of anilines is 2. The van der Waals surface area contributed by atoms with E-state index in [0.29, 0.717) is 11.2 Å². The second-order valence-corrected chi connectivity index (χ2v) is 6.72. The van der Waals surface area contributed by atoms with Crippen molar-refractivity contribution in [3.8, 4) is 0 Å². The quantitative estimate of drug-likeness (QED) is 0.872. The van der Waals surface area contributed by atoms with E-state index in [4.69, 9.17) is 5.73 Å². The van der Waals surface area contributed by atoms with Crippen LogP contribution in [0.3, 0.4) is 0 Å². The number of nitrogens with one attached hydrogen (secondary N) is 1. The fourth-order valence-electron chi connectivity index (χ4n) is 2.72. The topological polar surface area (TPSA) is 67.1 Å². The number of piperidine rings is 1. The molecule has 5 heteroatoms. The van der Waals surface area contributed by atoms with Gasteiger partial charge < -0.3 is 16.0 Å². The molecule has 3 N–H and O–H groups in total. The molecule has 0 bridgehead atoms. The van der Waals surface area contributed by atoms with Gasteiger partial charge in [-0.3, -0.25) is 0 Å². The van der Waals surface area contributed by atoms with E-state index in [-0.39, 0.29) is 0 Å². The Balaban J connectivity index is 2.05. The largest absolute Gasteiger partial charge is 0.383 e. The van der Waals surface area contributed by atoms with Gasteiger partial charge in [0.25, 0.3) is 0 Å². The predicted octanol–water partition coefficient (Wildman–Crippen LogP) is 2.46. The average Bonchev–Trinajstić information content (AvgIpc) is 2.45. The lowest BCUT2D eigenvalue weighted by Gasteiger charge is -2.38. The summed E-state index contributed by atoms with van der Waals surface area (Å²) in [6.07, 6.45) is 4.35. The molecule has 0 amide bonds. The normalized spacial score (nSPS) is 18.7. The highest BCUT2D eigenvalue weighted by Gasteiger charge is 2.28. The molecule has 0 atom stereocenters. The summed E-state index contributed by atoms with van der Waals surface area (Å²) in [7, 11) is 2.19. The van der Waals surface area contributed by atoms with E-state index < -0.39 is 0 Å². The zero-order chi connectivity index (χ0) is 15.5. The van der Waals surface area contributed by atoms with Crippen molar-refractivity contribution in [3.63, 3.8) is 0 Å². The molecule has 1 aromatic rings. The van der Waals surface area contributed by atoms with Crippen molar-refractivity contribution in [2.24, 2.45) is 5.41 Å². The molecule has 0 radical (unpaired) electrons. The highest BCUT2D eigenvalue weighted by Crippen LogP contribution is 2.31. The van der Waals surface area contributed by atoms with Crippen LogP contribution < -0.4 is 11.1 Å². The van der Waals surface area contributed by atoms with Gasteiger partial charge in [-0.1, -0.05) is 13.8 Å². The maximum Gasteiger partial charge on any atom is 0.134 e. The number of aryl methyl sites for hydroxylation is 1. The van der Waals surface area contributed by atoms with Gasteiger partial charge in [0.1, 0.15) is 17.5 Å². The summed E-state index contributed by atoms with van der Waals surface area (Å²) in [4.78, 5) is 11.4. The van der Waals surface area contributed by atoms with Gasteiger partial charge in [-0.15, -0.1) is 0 Å². The molecule has 1 fully saturated rings. The molecule has 0 saturated carbocycles. The van der Waals surface area contributed by atoms with E-state index in [9.17, 15) is 0 Å². The van der Waals surface area contributed by atoms with Crippen LogP contribution in [0, 0.1) is 12.3 Å². The summed E-state index contributed by atoms with van der Waals surface area (Å²) in [5.74, 6) is 2.35. The molecule has 21 heavy (non-hydrogen) atoms. The van der Waals surface area contributed by atoms with Crippen LogP contribution in [0.1, 0.15) is 44.5 Å². The van der Waals surface area contributed by atoms with Crippen LogP contribution in [-0.4, -0.2) is 41.5 Å². The van der Waals surface area contributed by atoms with E-state index in [0.717, 1.165) is 36.6 Å². The fraction of sp³-hybridized carbons (Fsp3) is 0.750. The molecule has 1 aromatic heterocycles. The minimum atomic E-state index is 0.337. The number of hydrogen-bond donors (Lipinski definition) is 2. The van der Waals surface area contributed by atoms with Gasteiger partial charge in [0, 0.05) is 18.5 Å². The van der Waals surface area contributed by atoms with E-state index in [2.05, 4.69) is 41.1 Å². The van der Waals surface area contributed by atoms with Crippen molar-refractivity contribution in [1.29, 1.82) is 0 Å². The Labute approximate surface area is 128 Å². The van der Waals surface area contributed by atoms with Crippen molar-refractivity contribution < 1.29 is 0 Å². The highest BCUT2D eigenvalue weighted by atomic mass is 15.1. The number of likely N-dealkylation sites (tertiary alicyclic amines) is 1. The average molecular weight is 291 g/mol. The number of aromatic nitrogens is 2. The number of nitrogens with two attached hydrogens (primary N) is 1. The molecule has 0 aliphatic carbocycles. The first kappa shape index (κ1) is 16.0. The Hall–Kier alpha value is -1.36. The van der Waals surface area contributed by atoms with Gasteiger partial charge in [-0.2, -0.15) is 0 Å². The van der Waals surface area contributed by atoms with Gasteiger partial charge in [0.05, 0.1) is 0 Å². The zero-order valence-electron chi connectivity index (χ0n) is 13.9. The Kier molecular flexibility index (Phi) is 5.04. The van der Waals surface area contributed by atoms with Crippen molar-refractivity contribution in [1.82, 2.24) is 14.9 Å². The first-order valence-electron chi connectivity index (χ1n) is 7.99. The number of nitrogens with zero attached hydrogens (tertiary/aromatic N) is 3. The molecule has 1 aliphatic heterocycles. The lowest BCUT2D eigenvalue weighted by atomic mass is 9.80. The van der Waals surface area contributed by atoms with E-state index >= 15 is 0 Å². The number of hydrogen-bond acceptors (Lipinski definition) is 5. The molecule has 0 aromatic carbocycles. The molecule has 1 aliphatic rings. The molecular formula is C16H29N5. The van der Waals surface area contributed by atoms with E-state index in [1.54, 1.807) is 0 Å². The second-order valence-electron chi connectivity index (χ2n) is 6.72. The first-order valence-corrected chi connectivity index (χ1v) is 7.99. The molecule has 5 nitrogen and oxygen atoms in total. The van der Waals surface area contributed by atoms with Crippen LogP contribution in [0.25, 0.3) is 0 Å². The van der Waals surface area contributed by atoms with Crippen LogP contribution >= 0.6 is 0 Å². The van der Waals surface area contributed by atoms with Crippen LogP contribution in [0.15, 0.2) is 0 Å². The van der Waals surface area contributed by atoms with Crippen LogP contribution in [0.5, 0.6) is 0 Å². The summed E-state index contributed by atoms with van der Waals surface area (Å²) in [5.41, 5.74) is 7.31. The molecule has 2 rings (SSSR count). The number of nitrogen functional groups attached to an aromatic ring is 1. The second kappa shape index (κ2) is 6.60. The van der Waals surface area contributed by atoms with Gasteiger partial charge in [-0.05, 0) is 51.7 Å². The summed E-state index contributed by atoms with van der Waals surface area (Å²) in [6.45, 7) is 9.77. The summed E-state index contributed by atoms with van der Waals surface area (Å²) in [6, 6.07) is 0. The minimum Gasteiger partial charge on any atom is -0.383 e. The standard InChI is InChI=1S/C16H29N5/c1-5-6-13-19-14(17)12(2)15(20-13)18-11-16(3)7-9-21(4)10-8-16/h5-11H2,1-4H3,(H3,17,18,19,20). The third kappa shape index (κ3) is 4.06. The molecule has 0 unspecified atom stereocenters. The minimum absolute atomic E-state index is 0.337.